The van der Waals surface area contributed by atoms with Crippen molar-refractivity contribution in [3.8, 4) is 5.75 Å². The summed E-state index contributed by atoms with van der Waals surface area (Å²) >= 11 is 0. The Bertz CT molecular complexity index is 573. The Balaban J connectivity index is 2.03. The molecule has 0 aliphatic heterocycles. The number of unbranched alkanes of at least 4 members (excludes halogenated alkanes) is 1. The smallest absolute Gasteiger partial charge is 0.249 e. The number of nitrogens with zero attached hydrogens (tertiary/aromatic N) is 4. The van der Waals surface area contributed by atoms with E-state index < -0.39 is 0 Å². The molecule has 2 rings (SSSR count). The molecule has 1 N–H and O–H groups in total. The number of anilines is 3. The Labute approximate surface area is 131 Å². The number of aromatic nitrogens is 3. The lowest BCUT2D eigenvalue weighted by atomic mass is 10.3. The molecule has 1 aromatic carbocycles. The van der Waals surface area contributed by atoms with Crippen LogP contribution in [0.1, 0.15) is 26.7 Å². The third kappa shape index (κ3) is 4.58. The van der Waals surface area contributed by atoms with E-state index in [9.17, 15) is 0 Å². The molecule has 0 unspecified atom stereocenters. The molecule has 0 aliphatic rings. The van der Waals surface area contributed by atoms with Crippen molar-refractivity contribution < 1.29 is 4.74 Å². The molecule has 0 saturated carbocycles. The van der Waals surface area contributed by atoms with Crippen LogP contribution >= 0.6 is 0 Å². The molecule has 22 heavy (non-hydrogen) atoms. The fraction of sp³-hybridized carbons (Fsp3) is 0.438. The average molecular weight is 301 g/mol. The van der Waals surface area contributed by atoms with Gasteiger partial charge in [-0.3, -0.25) is 0 Å². The monoisotopic (exact) mass is 301 g/mol. The summed E-state index contributed by atoms with van der Waals surface area (Å²) in [4.78, 5) is 6.57. The van der Waals surface area contributed by atoms with E-state index in [1.807, 2.05) is 38.2 Å². The second-order valence-corrected chi connectivity index (χ2v) is 5.00. The Morgan fingerprint density at radius 2 is 1.95 bits per heavy atom. The number of hydrogen-bond donors (Lipinski definition) is 1. The highest BCUT2D eigenvalue weighted by Crippen LogP contribution is 2.19. The van der Waals surface area contributed by atoms with Gasteiger partial charge < -0.3 is 15.0 Å². The lowest BCUT2D eigenvalue weighted by Crippen LogP contribution is -2.20. The van der Waals surface area contributed by atoms with Crippen LogP contribution in [0.5, 0.6) is 5.75 Å². The van der Waals surface area contributed by atoms with Crippen LogP contribution in [-0.4, -0.2) is 35.4 Å². The van der Waals surface area contributed by atoms with Crippen LogP contribution < -0.4 is 15.0 Å². The van der Waals surface area contributed by atoms with Crippen LogP contribution in [0.3, 0.4) is 0 Å². The van der Waals surface area contributed by atoms with Gasteiger partial charge in [-0.15, -0.1) is 5.10 Å². The third-order valence-electron chi connectivity index (χ3n) is 3.21. The van der Waals surface area contributed by atoms with Gasteiger partial charge in [0, 0.05) is 19.3 Å². The zero-order chi connectivity index (χ0) is 15.8. The maximum absolute atomic E-state index is 5.42. The van der Waals surface area contributed by atoms with Crippen LogP contribution in [0.15, 0.2) is 30.5 Å². The predicted molar refractivity (Wildman–Crippen MR) is 88.9 cm³/mol. The lowest BCUT2D eigenvalue weighted by molar-refractivity contribution is 0.340. The van der Waals surface area contributed by atoms with E-state index >= 15 is 0 Å². The number of hydrogen-bond acceptors (Lipinski definition) is 6. The zero-order valence-corrected chi connectivity index (χ0v) is 13.4. The van der Waals surface area contributed by atoms with Crippen molar-refractivity contribution in [2.24, 2.45) is 0 Å². The SMILES string of the molecule is CCCCN(C)c1cnnc(Nc2ccc(OCC)cc2)n1. The lowest BCUT2D eigenvalue weighted by Gasteiger charge is -2.17. The number of nitrogens with one attached hydrogen (secondary N) is 1. The predicted octanol–water partition coefficient (Wildman–Crippen LogP) is 3.25. The van der Waals surface area contributed by atoms with E-state index in [1.165, 1.54) is 0 Å². The maximum Gasteiger partial charge on any atom is 0.249 e. The van der Waals surface area contributed by atoms with Gasteiger partial charge in [0.15, 0.2) is 5.82 Å². The van der Waals surface area contributed by atoms with Gasteiger partial charge >= 0.3 is 0 Å². The topological polar surface area (TPSA) is 63.2 Å². The van der Waals surface area contributed by atoms with Gasteiger partial charge in [0.05, 0.1) is 12.8 Å². The molecule has 118 valence electrons. The fourth-order valence-electron chi connectivity index (χ4n) is 1.97. The molecule has 0 radical (unpaired) electrons. The van der Waals surface area contributed by atoms with Gasteiger partial charge in [-0.25, -0.2) is 0 Å². The quantitative estimate of drug-likeness (QED) is 0.807. The molecule has 0 spiro atoms. The standard InChI is InChI=1S/C16H23N5O/c1-4-6-11-21(3)15-12-17-20-16(19-15)18-13-7-9-14(10-8-13)22-5-2/h7-10,12H,4-6,11H2,1-3H3,(H,18,19,20). The van der Waals surface area contributed by atoms with Crippen molar-refractivity contribution in [3.05, 3.63) is 30.5 Å². The number of ether oxygens (including phenoxy) is 1. The second kappa shape index (κ2) is 8.17. The van der Waals surface area contributed by atoms with Crippen LogP contribution in [0.25, 0.3) is 0 Å². The van der Waals surface area contributed by atoms with Gasteiger partial charge in [0.1, 0.15) is 5.75 Å². The molecule has 0 bridgehead atoms. The first-order chi connectivity index (χ1) is 10.7. The Kier molecular flexibility index (Phi) is 5.94. The summed E-state index contributed by atoms with van der Waals surface area (Å²) in [5.74, 6) is 2.15. The van der Waals surface area contributed by atoms with Crippen molar-refractivity contribution in [3.63, 3.8) is 0 Å². The highest BCUT2D eigenvalue weighted by atomic mass is 16.5. The maximum atomic E-state index is 5.42. The summed E-state index contributed by atoms with van der Waals surface area (Å²) in [5, 5.41) is 11.2. The van der Waals surface area contributed by atoms with Gasteiger partial charge in [-0.1, -0.05) is 13.3 Å². The van der Waals surface area contributed by atoms with Crippen LogP contribution in [0, 0.1) is 0 Å². The Morgan fingerprint density at radius 1 is 1.18 bits per heavy atom. The molecule has 0 amide bonds. The molecule has 2 aromatic rings. The normalized spacial score (nSPS) is 10.3. The molecular formula is C16H23N5O. The summed E-state index contributed by atoms with van der Waals surface area (Å²) in [6, 6.07) is 7.69. The van der Waals surface area contributed by atoms with E-state index in [-0.39, 0.29) is 0 Å². The molecule has 0 fully saturated rings. The van der Waals surface area contributed by atoms with E-state index in [1.54, 1.807) is 6.20 Å². The van der Waals surface area contributed by atoms with E-state index in [0.717, 1.165) is 36.6 Å². The largest absolute Gasteiger partial charge is 0.494 e. The minimum Gasteiger partial charge on any atom is -0.494 e. The van der Waals surface area contributed by atoms with Crippen molar-refractivity contribution >= 4 is 17.5 Å². The third-order valence-corrected chi connectivity index (χ3v) is 3.21. The molecule has 6 nitrogen and oxygen atoms in total. The molecule has 1 heterocycles. The first-order valence-corrected chi connectivity index (χ1v) is 7.63. The molecule has 0 atom stereocenters. The van der Waals surface area contributed by atoms with Crippen molar-refractivity contribution in [1.82, 2.24) is 15.2 Å². The summed E-state index contributed by atoms with van der Waals surface area (Å²) < 4.78 is 5.42. The number of rotatable bonds is 8. The van der Waals surface area contributed by atoms with Gasteiger partial charge in [-0.05, 0) is 37.6 Å². The number of benzene rings is 1. The fourth-order valence-corrected chi connectivity index (χ4v) is 1.97. The highest BCUT2D eigenvalue weighted by Gasteiger charge is 2.05. The van der Waals surface area contributed by atoms with E-state index in [2.05, 4.69) is 32.3 Å². The molecule has 0 saturated heterocycles. The van der Waals surface area contributed by atoms with Crippen LogP contribution in [0.4, 0.5) is 17.5 Å². The van der Waals surface area contributed by atoms with E-state index in [4.69, 9.17) is 4.74 Å². The zero-order valence-electron chi connectivity index (χ0n) is 13.4. The summed E-state index contributed by atoms with van der Waals surface area (Å²) in [6.07, 6.45) is 3.96. The minimum atomic E-state index is 0.491. The van der Waals surface area contributed by atoms with Gasteiger partial charge in [0.2, 0.25) is 5.95 Å². The summed E-state index contributed by atoms with van der Waals surface area (Å²) in [5.41, 5.74) is 0.901. The molecular weight excluding hydrogens is 278 g/mol. The van der Waals surface area contributed by atoms with Crippen LogP contribution in [-0.2, 0) is 0 Å². The highest BCUT2D eigenvalue weighted by molar-refractivity contribution is 5.55. The summed E-state index contributed by atoms with van der Waals surface area (Å²) in [6.45, 7) is 5.75. The Morgan fingerprint density at radius 3 is 2.64 bits per heavy atom. The second-order valence-electron chi connectivity index (χ2n) is 5.00. The van der Waals surface area contributed by atoms with Crippen molar-refractivity contribution in [2.45, 2.75) is 26.7 Å². The molecule has 0 aliphatic carbocycles. The first-order valence-electron chi connectivity index (χ1n) is 7.63. The molecule has 6 heteroatoms. The summed E-state index contributed by atoms with van der Waals surface area (Å²) in [7, 11) is 2.01. The average Bonchev–Trinajstić information content (AvgIpc) is 2.55. The molecule has 1 aromatic heterocycles. The van der Waals surface area contributed by atoms with Gasteiger partial charge in [-0.2, -0.15) is 10.1 Å². The Hall–Kier alpha value is -2.37. The van der Waals surface area contributed by atoms with Gasteiger partial charge in [0.25, 0.3) is 0 Å². The first kappa shape index (κ1) is 16.0. The minimum absolute atomic E-state index is 0.491. The van der Waals surface area contributed by atoms with Crippen molar-refractivity contribution in [1.29, 1.82) is 0 Å². The van der Waals surface area contributed by atoms with E-state index in [0.29, 0.717) is 12.6 Å². The van der Waals surface area contributed by atoms with Crippen molar-refractivity contribution in [2.75, 3.05) is 30.4 Å². The van der Waals surface area contributed by atoms with Crippen LogP contribution in [0.2, 0.25) is 0 Å².